The lowest BCUT2D eigenvalue weighted by molar-refractivity contribution is -0.114. The van der Waals surface area contributed by atoms with Crippen LogP contribution in [0.25, 0.3) is 0 Å². The third kappa shape index (κ3) is 6.48. The topological polar surface area (TPSA) is 84.0 Å². The van der Waals surface area contributed by atoms with Crippen LogP contribution in [0.2, 0.25) is 0 Å². The van der Waals surface area contributed by atoms with Crippen LogP contribution >= 0.6 is 11.8 Å². The van der Waals surface area contributed by atoms with Crippen molar-refractivity contribution >= 4 is 29.4 Å². The maximum absolute atomic E-state index is 12.5. The fourth-order valence-corrected chi connectivity index (χ4v) is 3.02. The molecule has 0 aliphatic carbocycles. The smallest absolute Gasteiger partial charge is 0.254 e. The van der Waals surface area contributed by atoms with Crippen LogP contribution in [0.4, 0.5) is 5.82 Å². The number of amides is 2. The zero-order valence-electron chi connectivity index (χ0n) is 15.5. The van der Waals surface area contributed by atoms with E-state index in [2.05, 4.69) is 41.4 Å². The number of anilines is 1. The number of hydrogen-bond acceptors (Lipinski definition) is 5. The fraction of sp³-hybridized carbons (Fsp3) is 0.368. The molecule has 7 heteroatoms. The van der Waals surface area contributed by atoms with Gasteiger partial charge in [0, 0.05) is 31.6 Å². The van der Waals surface area contributed by atoms with Gasteiger partial charge in [-0.25, -0.2) is 9.97 Å². The predicted octanol–water partition coefficient (Wildman–Crippen LogP) is 3.50. The van der Waals surface area contributed by atoms with Crippen LogP contribution < -0.4 is 10.6 Å². The summed E-state index contributed by atoms with van der Waals surface area (Å²) >= 11 is 1.48. The number of nitrogens with zero attached hydrogens (tertiary/aromatic N) is 2. The third-order valence-corrected chi connectivity index (χ3v) is 4.38. The number of rotatable bonds is 6. The SMILES string of the molecule is CC(=O)Nc1cc(CSc2ncccc2C(=O)NCC(C)(C)C)ccn1. The van der Waals surface area contributed by atoms with E-state index in [0.29, 0.717) is 28.7 Å². The molecule has 2 heterocycles. The van der Waals surface area contributed by atoms with Gasteiger partial charge in [0.1, 0.15) is 10.8 Å². The molecule has 2 amide bonds. The Labute approximate surface area is 158 Å². The molecule has 0 saturated carbocycles. The number of aromatic nitrogens is 2. The van der Waals surface area contributed by atoms with E-state index in [-0.39, 0.29) is 17.2 Å². The van der Waals surface area contributed by atoms with Crippen LogP contribution in [0.1, 0.15) is 43.6 Å². The van der Waals surface area contributed by atoms with Gasteiger partial charge in [-0.2, -0.15) is 0 Å². The molecule has 2 rings (SSSR count). The quantitative estimate of drug-likeness (QED) is 0.758. The van der Waals surface area contributed by atoms with Crippen molar-refractivity contribution < 1.29 is 9.59 Å². The number of carbonyl (C=O) groups excluding carboxylic acids is 2. The number of thioether (sulfide) groups is 1. The summed E-state index contributed by atoms with van der Waals surface area (Å²) in [6, 6.07) is 7.23. The van der Waals surface area contributed by atoms with Gasteiger partial charge >= 0.3 is 0 Å². The van der Waals surface area contributed by atoms with Gasteiger partial charge in [-0.15, -0.1) is 11.8 Å². The van der Waals surface area contributed by atoms with Crippen LogP contribution in [0.15, 0.2) is 41.7 Å². The second kappa shape index (κ2) is 8.80. The van der Waals surface area contributed by atoms with Crippen molar-refractivity contribution in [1.82, 2.24) is 15.3 Å². The molecule has 2 aromatic heterocycles. The summed E-state index contributed by atoms with van der Waals surface area (Å²) in [6.07, 6.45) is 3.33. The summed E-state index contributed by atoms with van der Waals surface area (Å²) < 4.78 is 0. The molecule has 2 N–H and O–H groups in total. The van der Waals surface area contributed by atoms with E-state index in [1.54, 1.807) is 24.5 Å². The number of carbonyl (C=O) groups is 2. The molecule has 0 atom stereocenters. The molecule has 0 bridgehead atoms. The highest BCUT2D eigenvalue weighted by molar-refractivity contribution is 7.98. The predicted molar refractivity (Wildman–Crippen MR) is 104 cm³/mol. The van der Waals surface area contributed by atoms with Crippen molar-refractivity contribution in [2.24, 2.45) is 5.41 Å². The lowest BCUT2D eigenvalue weighted by atomic mass is 9.97. The Kier molecular flexibility index (Phi) is 6.74. The Bertz CT molecular complexity index is 787. The minimum atomic E-state index is -0.162. The normalized spacial score (nSPS) is 11.1. The Hall–Kier alpha value is -2.41. The maximum Gasteiger partial charge on any atom is 0.254 e. The monoisotopic (exact) mass is 372 g/mol. The lowest BCUT2D eigenvalue weighted by Crippen LogP contribution is -2.32. The van der Waals surface area contributed by atoms with Crippen molar-refractivity contribution in [3.63, 3.8) is 0 Å². The highest BCUT2D eigenvalue weighted by Gasteiger charge is 2.16. The first-order chi connectivity index (χ1) is 12.2. The van der Waals surface area contributed by atoms with Crippen molar-refractivity contribution in [2.45, 2.75) is 38.5 Å². The first-order valence-electron chi connectivity index (χ1n) is 8.33. The molecule has 0 unspecified atom stereocenters. The molecule has 6 nitrogen and oxygen atoms in total. The van der Waals surface area contributed by atoms with E-state index in [1.807, 2.05) is 12.1 Å². The molecule has 0 fully saturated rings. The molecule has 0 saturated heterocycles. The number of pyridine rings is 2. The van der Waals surface area contributed by atoms with Gasteiger partial charge in [0.15, 0.2) is 0 Å². The minimum absolute atomic E-state index is 0.0162. The molecule has 2 aromatic rings. The molecule has 0 aliphatic heterocycles. The van der Waals surface area contributed by atoms with Crippen molar-refractivity contribution in [1.29, 1.82) is 0 Å². The third-order valence-electron chi connectivity index (χ3n) is 3.30. The van der Waals surface area contributed by atoms with Gasteiger partial charge in [0.25, 0.3) is 5.91 Å². The highest BCUT2D eigenvalue weighted by Crippen LogP contribution is 2.25. The van der Waals surface area contributed by atoms with E-state index < -0.39 is 0 Å². The summed E-state index contributed by atoms with van der Waals surface area (Å²) in [4.78, 5) is 32.1. The van der Waals surface area contributed by atoms with Gasteiger partial charge < -0.3 is 10.6 Å². The Morgan fingerprint density at radius 3 is 2.62 bits per heavy atom. The van der Waals surface area contributed by atoms with Gasteiger partial charge in [-0.05, 0) is 35.2 Å². The molecular weight excluding hydrogens is 348 g/mol. The zero-order valence-corrected chi connectivity index (χ0v) is 16.3. The maximum atomic E-state index is 12.5. The Morgan fingerprint density at radius 2 is 1.92 bits per heavy atom. The lowest BCUT2D eigenvalue weighted by Gasteiger charge is -2.19. The summed E-state index contributed by atoms with van der Waals surface area (Å²) in [5.74, 6) is 0.847. The first-order valence-corrected chi connectivity index (χ1v) is 9.32. The zero-order chi connectivity index (χ0) is 19.2. The van der Waals surface area contributed by atoms with E-state index in [9.17, 15) is 9.59 Å². The van der Waals surface area contributed by atoms with Gasteiger partial charge in [-0.3, -0.25) is 9.59 Å². The summed E-state index contributed by atoms with van der Waals surface area (Å²) in [5, 5.41) is 6.30. The molecule has 0 radical (unpaired) electrons. The molecule has 26 heavy (non-hydrogen) atoms. The van der Waals surface area contributed by atoms with E-state index in [0.717, 1.165) is 5.56 Å². The first kappa shape index (κ1) is 19.9. The second-order valence-corrected chi connectivity index (χ2v) is 8.08. The van der Waals surface area contributed by atoms with Crippen LogP contribution in [0.5, 0.6) is 0 Å². The second-order valence-electron chi connectivity index (χ2n) is 7.12. The van der Waals surface area contributed by atoms with Crippen molar-refractivity contribution in [3.05, 3.63) is 47.8 Å². The Balaban J connectivity index is 2.06. The van der Waals surface area contributed by atoms with Crippen LogP contribution in [-0.4, -0.2) is 28.3 Å². The van der Waals surface area contributed by atoms with Gasteiger partial charge in [-0.1, -0.05) is 20.8 Å². The summed E-state index contributed by atoms with van der Waals surface area (Å²) in [7, 11) is 0. The average molecular weight is 372 g/mol. The molecule has 0 spiro atoms. The molecular formula is C19H24N4O2S. The molecule has 0 aliphatic rings. The Morgan fingerprint density at radius 1 is 1.15 bits per heavy atom. The standard InChI is InChI=1S/C19H24N4O2S/c1-13(24)23-16-10-14(7-9-20-16)11-26-18-15(6-5-8-21-18)17(25)22-12-19(2,3)4/h5-10H,11-12H2,1-4H3,(H,22,25)(H,20,23,24). The van der Waals surface area contributed by atoms with Gasteiger partial charge in [0.05, 0.1) is 5.56 Å². The largest absolute Gasteiger partial charge is 0.351 e. The van der Waals surface area contributed by atoms with Crippen LogP contribution in [0.3, 0.4) is 0 Å². The van der Waals surface area contributed by atoms with E-state index in [1.165, 1.54) is 18.7 Å². The van der Waals surface area contributed by atoms with Crippen molar-refractivity contribution in [2.75, 3.05) is 11.9 Å². The van der Waals surface area contributed by atoms with Crippen LogP contribution in [0, 0.1) is 5.41 Å². The minimum Gasteiger partial charge on any atom is -0.351 e. The number of hydrogen-bond donors (Lipinski definition) is 2. The average Bonchev–Trinajstić information content (AvgIpc) is 2.57. The number of nitrogens with one attached hydrogen (secondary N) is 2. The van der Waals surface area contributed by atoms with Gasteiger partial charge in [0.2, 0.25) is 5.91 Å². The molecule has 138 valence electrons. The van der Waals surface area contributed by atoms with E-state index in [4.69, 9.17) is 0 Å². The summed E-state index contributed by atoms with van der Waals surface area (Å²) in [6.45, 7) is 8.25. The van der Waals surface area contributed by atoms with Crippen LogP contribution in [-0.2, 0) is 10.5 Å². The van der Waals surface area contributed by atoms with Crippen molar-refractivity contribution in [3.8, 4) is 0 Å². The van der Waals surface area contributed by atoms with E-state index >= 15 is 0 Å². The summed E-state index contributed by atoms with van der Waals surface area (Å²) in [5.41, 5.74) is 1.57. The highest BCUT2D eigenvalue weighted by atomic mass is 32.2. The molecule has 0 aromatic carbocycles. The fourth-order valence-electron chi connectivity index (χ4n) is 2.08.